The van der Waals surface area contributed by atoms with Crippen molar-refractivity contribution in [3.05, 3.63) is 96.1 Å². The average Bonchev–Trinajstić information content (AvgIpc) is 3.21. The van der Waals surface area contributed by atoms with E-state index in [4.69, 9.17) is 9.47 Å². The second-order valence-electron chi connectivity index (χ2n) is 20.7. The number of hydrogen-bond donors (Lipinski definition) is 0. The van der Waals surface area contributed by atoms with Crippen LogP contribution < -0.4 is 0 Å². The molecule has 8 rings (SSSR count). The van der Waals surface area contributed by atoms with Crippen molar-refractivity contribution in [1.82, 2.24) is 4.90 Å². The van der Waals surface area contributed by atoms with Gasteiger partial charge < -0.3 is 9.47 Å². The normalized spacial score (nSPS) is 39.9. The Morgan fingerprint density at radius 1 is 0.810 bits per heavy atom. The molecule has 5 aliphatic carbocycles. The zero-order valence-electron chi connectivity index (χ0n) is 35.8. The largest absolute Gasteiger partial charge is 0.461 e. The lowest BCUT2D eigenvalue weighted by Gasteiger charge is -2.71. The molecular formula is C51H65NO6. The van der Waals surface area contributed by atoms with Gasteiger partial charge in [-0.2, -0.15) is 0 Å². The number of Topliss-reactive ketones (excluding diaryl/α,β-unsaturated/α-hetero) is 1. The van der Waals surface area contributed by atoms with Crippen LogP contribution in [0.1, 0.15) is 129 Å². The van der Waals surface area contributed by atoms with Crippen molar-refractivity contribution in [3.8, 4) is 0 Å². The molecule has 0 spiro atoms. The van der Waals surface area contributed by atoms with Gasteiger partial charge in [-0.05, 0) is 122 Å². The van der Waals surface area contributed by atoms with Crippen LogP contribution in [0.5, 0.6) is 0 Å². The first-order valence-electron chi connectivity index (χ1n) is 22.1. The van der Waals surface area contributed by atoms with Gasteiger partial charge in [0.25, 0.3) is 0 Å². The summed E-state index contributed by atoms with van der Waals surface area (Å²) in [6.45, 7) is 19.0. The van der Waals surface area contributed by atoms with Crippen LogP contribution in [-0.2, 0) is 28.7 Å². The summed E-state index contributed by atoms with van der Waals surface area (Å²) in [4.78, 5) is 59.0. The van der Waals surface area contributed by atoms with E-state index in [1.165, 1.54) is 5.57 Å². The Bertz CT molecular complexity index is 1940. The molecule has 2 aromatic carbocycles. The summed E-state index contributed by atoms with van der Waals surface area (Å²) < 4.78 is 12.5. The third-order valence-electron chi connectivity index (χ3n) is 17.7. The van der Waals surface area contributed by atoms with Crippen molar-refractivity contribution in [2.75, 3.05) is 19.7 Å². The maximum Gasteiger partial charge on any atom is 0.314 e. The van der Waals surface area contributed by atoms with Crippen molar-refractivity contribution in [1.29, 1.82) is 0 Å². The fraction of sp³-hybridized carbons (Fsp3) is 0.608. The molecule has 10 atom stereocenters. The number of carbonyl (C=O) groups excluding carboxylic acids is 4. The third kappa shape index (κ3) is 6.22. The van der Waals surface area contributed by atoms with Crippen LogP contribution in [0.25, 0.3) is 0 Å². The Hall–Kier alpha value is -3.84. The Balaban J connectivity index is 1.12. The average molecular weight is 788 g/mol. The molecule has 0 aromatic heterocycles. The van der Waals surface area contributed by atoms with Gasteiger partial charge in [-0.15, -0.1) is 0 Å². The smallest absolute Gasteiger partial charge is 0.314 e. The number of ether oxygens (including phenoxy) is 2. The summed E-state index contributed by atoms with van der Waals surface area (Å²) in [7, 11) is 0. The van der Waals surface area contributed by atoms with Crippen molar-refractivity contribution >= 4 is 23.5 Å². The second-order valence-corrected chi connectivity index (χ2v) is 20.7. The number of hydrogen-bond acceptors (Lipinski definition) is 7. The molecule has 5 fully saturated rings. The van der Waals surface area contributed by atoms with E-state index in [1.807, 2.05) is 66.7 Å². The summed E-state index contributed by atoms with van der Waals surface area (Å²) in [5, 5.41) is 0. The van der Waals surface area contributed by atoms with Gasteiger partial charge in [-0.3, -0.25) is 24.1 Å². The van der Waals surface area contributed by atoms with E-state index >= 15 is 4.79 Å². The van der Waals surface area contributed by atoms with Gasteiger partial charge in [-0.1, -0.05) is 107 Å². The number of ketones is 2. The molecule has 310 valence electrons. The molecule has 0 unspecified atom stereocenters. The zero-order valence-corrected chi connectivity index (χ0v) is 35.8. The fourth-order valence-electron chi connectivity index (χ4n) is 14.1. The highest BCUT2D eigenvalue weighted by atomic mass is 16.5. The summed E-state index contributed by atoms with van der Waals surface area (Å²) >= 11 is 0. The number of esters is 2. The monoisotopic (exact) mass is 787 g/mol. The van der Waals surface area contributed by atoms with E-state index in [2.05, 4.69) is 53.0 Å². The van der Waals surface area contributed by atoms with Crippen molar-refractivity contribution in [2.24, 2.45) is 50.2 Å². The number of likely N-dealkylation sites (tertiary alicyclic amines) is 1. The third-order valence-corrected chi connectivity index (χ3v) is 17.7. The van der Waals surface area contributed by atoms with Gasteiger partial charge >= 0.3 is 11.9 Å². The van der Waals surface area contributed by atoms with Gasteiger partial charge in [0.15, 0.2) is 11.9 Å². The number of benzene rings is 2. The standard InChI is InChI=1S/C51H65NO6/c1-8-31-57-45(56)51(7)40-19-24-50(6)43(48(40,4)23-20-41(51)52-29-21-36(53)22-30-52)39(54)32-37-38-33-47(3,26-25-46(38,2)27-28-49(37,50)5)44(55)58-42(34-15-11-9-12-16-34)35-17-13-10-14-18-35/h8-18,32,38,40-43H,1,19-31,33H2,2-7H3/t38-,40+,41-,43+,46+,47-,48-,49+,50+,51-/m0/s1. The first-order chi connectivity index (χ1) is 27.5. The lowest BCUT2D eigenvalue weighted by molar-refractivity contribution is -0.211. The number of carbonyl (C=O) groups is 4. The summed E-state index contributed by atoms with van der Waals surface area (Å²) in [6, 6.07) is 20.0. The Labute approximate surface area is 346 Å². The van der Waals surface area contributed by atoms with E-state index < -0.39 is 22.3 Å². The first kappa shape index (κ1) is 40.9. The van der Waals surface area contributed by atoms with Crippen LogP contribution in [0.4, 0.5) is 0 Å². The highest BCUT2D eigenvalue weighted by molar-refractivity contribution is 5.96. The molecule has 58 heavy (non-hydrogen) atoms. The van der Waals surface area contributed by atoms with E-state index in [1.54, 1.807) is 6.08 Å². The molecule has 1 aliphatic heterocycles. The summed E-state index contributed by atoms with van der Waals surface area (Å²) in [6.07, 6.45) is 11.8. The van der Waals surface area contributed by atoms with E-state index in [-0.39, 0.29) is 70.2 Å². The Morgan fingerprint density at radius 2 is 1.43 bits per heavy atom. The minimum absolute atomic E-state index is 0.0185. The predicted octanol–water partition coefficient (Wildman–Crippen LogP) is 10.0. The van der Waals surface area contributed by atoms with Gasteiger partial charge in [0, 0.05) is 37.9 Å². The maximum atomic E-state index is 15.3. The van der Waals surface area contributed by atoms with E-state index in [0.717, 1.165) is 62.5 Å². The SMILES string of the molecule is C=CCOC(=O)[C@]1(C)[C@@H](N2CCC(=O)CC2)CC[C@@]2(C)[C@H]1CC[C@]1(C)[C@@H]2C(=O)C=C2[C@@H]3C[C@@](C)(C(=O)OC(c4ccccc4)c4ccccc4)CC[C@]3(C)CC[C@]21C. The van der Waals surface area contributed by atoms with Gasteiger partial charge in [0.1, 0.15) is 12.4 Å². The number of piperidine rings is 1. The van der Waals surface area contributed by atoms with Gasteiger partial charge in [-0.25, -0.2) is 0 Å². The molecule has 6 aliphatic rings. The molecular weight excluding hydrogens is 723 g/mol. The summed E-state index contributed by atoms with van der Waals surface area (Å²) in [5.74, 6) is -0.123. The fourth-order valence-corrected chi connectivity index (χ4v) is 14.1. The summed E-state index contributed by atoms with van der Waals surface area (Å²) in [5.41, 5.74) is 0.592. The Kier molecular flexibility index (Phi) is 10.4. The molecule has 1 saturated heterocycles. The van der Waals surface area contributed by atoms with E-state index in [0.29, 0.717) is 32.4 Å². The quantitative estimate of drug-likeness (QED) is 0.194. The van der Waals surface area contributed by atoms with Crippen molar-refractivity contribution < 1.29 is 28.7 Å². The zero-order chi connectivity index (χ0) is 41.3. The molecule has 7 nitrogen and oxygen atoms in total. The first-order valence-corrected chi connectivity index (χ1v) is 22.1. The van der Waals surface area contributed by atoms with E-state index in [9.17, 15) is 14.4 Å². The van der Waals surface area contributed by atoms with Crippen molar-refractivity contribution in [2.45, 2.75) is 124 Å². The molecule has 0 amide bonds. The minimum Gasteiger partial charge on any atom is -0.461 e. The molecule has 0 radical (unpaired) electrons. The van der Waals surface area contributed by atoms with Gasteiger partial charge in [0.2, 0.25) is 0 Å². The number of rotatable bonds is 8. The van der Waals surface area contributed by atoms with Crippen LogP contribution in [0.15, 0.2) is 85.0 Å². The molecule has 0 N–H and O–H groups in total. The highest BCUT2D eigenvalue weighted by Crippen LogP contribution is 2.75. The lowest BCUT2D eigenvalue weighted by atomic mass is 9.33. The van der Waals surface area contributed by atoms with Gasteiger partial charge in [0.05, 0.1) is 10.8 Å². The van der Waals surface area contributed by atoms with Crippen molar-refractivity contribution in [3.63, 3.8) is 0 Å². The minimum atomic E-state index is -0.836. The number of nitrogens with zero attached hydrogens (tertiary/aromatic N) is 1. The molecule has 2 aromatic rings. The predicted molar refractivity (Wildman–Crippen MR) is 225 cm³/mol. The molecule has 1 heterocycles. The number of fused-ring (bicyclic) bond motifs is 7. The molecule has 4 saturated carbocycles. The lowest BCUT2D eigenvalue weighted by Crippen LogP contribution is -2.70. The van der Waals surface area contributed by atoms with Crippen LogP contribution in [0.3, 0.4) is 0 Å². The number of allylic oxidation sites excluding steroid dienone is 2. The second kappa shape index (κ2) is 14.7. The van der Waals surface area contributed by atoms with Crippen LogP contribution in [-0.4, -0.2) is 54.1 Å². The van der Waals surface area contributed by atoms with Crippen LogP contribution in [0, 0.1) is 50.2 Å². The van der Waals surface area contributed by atoms with Crippen LogP contribution in [0.2, 0.25) is 0 Å². The van der Waals surface area contributed by atoms with Crippen LogP contribution >= 0.6 is 0 Å². The molecule has 0 bridgehead atoms. The maximum absolute atomic E-state index is 15.3. The topological polar surface area (TPSA) is 90.0 Å². The molecule has 7 heteroatoms. The Morgan fingerprint density at radius 3 is 2.05 bits per heavy atom. The highest BCUT2D eigenvalue weighted by Gasteiger charge is 2.72.